The average Bonchev–Trinajstić information content (AvgIpc) is 2.96. The second-order valence-electron chi connectivity index (χ2n) is 6.98. The first kappa shape index (κ1) is 16.9. The van der Waals surface area contributed by atoms with Crippen molar-refractivity contribution in [3.05, 3.63) is 35.6 Å². The number of nitrogens with two attached hydrogens (primary N) is 1. The summed E-state index contributed by atoms with van der Waals surface area (Å²) in [5.41, 5.74) is 5.84. The molecule has 0 bridgehead atoms. The molecule has 1 aromatic carbocycles. The number of primary amides is 1. The van der Waals surface area contributed by atoms with Crippen molar-refractivity contribution in [2.75, 3.05) is 26.2 Å². The van der Waals surface area contributed by atoms with Gasteiger partial charge in [0.1, 0.15) is 5.82 Å². The number of likely N-dealkylation sites (tertiary alicyclic amines) is 2. The lowest BCUT2D eigenvalue weighted by atomic mass is 9.78. The van der Waals surface area contributed by atoms with E-state index < -0.39 is 0 Å². The molecule has 2 aliphatic heterocycles. The number of hydrogen-bond donors (Lipinski definition) is 1. The Morgan fingerprint density at radius 2 is 1.96 bits per heavy atom. The normalized spacial score (nSPS) is 24.7. The van der Waals surface area contributed by atoms with E-state index >= 15 is 0 Å². The van der Waals surface area contributed by atoms with Gasteiger partial charge in [0.05, 0.1) is 5.41 Å². The molecular weight excluding hydrogens is 309 g/mol. The largest absolute Gasteiger partial charge is 0.370 e. The molecule has 2 aliphatic rings. The van der Waals surface area contributed by atoms with Crippen LogP contribution in [-0.2, 0) is 16.1 Å². The minimum Gasteiger partial charge on any atom is -0.370 e. The molecule has 0 saturated carbocycles. The lowest BCUT2D eigenvalue weighted by Crippen LogP contribution is -2.49. The minimum atomic E-state index is -0.323. The molecule has 24 heavy (non-hydrogen) atoms. The molecule has 130 valence electrons. The molecule has 5 nitrogen and oxygen atoms in total. The van der Waals surface area contributed by atoms with Crippen LogP contribution in [-0.4, -0.2) is 47.8 Å². The first-order chi connectivity index (χ1) is 11.5. The summed E-state index contributed by atoms with van der Waals surface area (Å²) in [5.74, 6) is -0.371. The summed E-state index contributed by atoms with van der Waals surface area (Å²) in [5, 5.41) is 0. The summed E-state index contributed by atoms with van der Waals surface area (Å²) in [6.07, 6.45) is 3.06. The number of benzene rings is 1. The van der Waals surface area contributed by atoms with Crippen molar-refractivity contribution in [3.8, 4) is 0 Å². The molecule has 2 saturated heterocycles. The molecule has 2 heterocycles. The molecule has 6 heteroatoms. The van der Waals surface area contributed by atoms with Gasteiger partial charge < -0.3 is 15.5 Å². The van der Waals surface area contributed by atoms with E-state index in [-0.39, 0.29) is 23.0 Å². The fraction of sp³-hybridized carbons (Fsp3) is 0.556. The summed E-state index contributed by atoms with van der Waals surface area (Å²) in [6.45, 7) is 3.45. The van der Waals surface area contributed by atoms with Crippen LogP contribution in [0, 0.1) is 11.2 Å². The number of halogens is 1. The topological polar surface area (TPSA) is 66.6 Å². The average molecular weight is 333 g/mol. The maximum Gasteiger partial charge on any atom is 0.230 e. The molecule has 2 fully saturated rings. The second-order valence-corrected chi connectivity index (χ2v) is 6.98. The number of piperidine rings is 1. The van der Waals surface area contributed by atoms with Gasteiger partial charge in [0.2, 0.25) is 11.8 Å². The van der Waals surface area contributed by atoms with Gasteiger partial charge in [0.15, 0.2) is 0 Å². The van der Waals surface area contributed by atoms with Crippen molar-refractivity contribution in [1.29, 1.82) is 0 Å². The van der Waals surface area contributed by atoms with Gasteiger partial charge in [0.25, 0.3) is 0 Å². The van der Waals surface area contributed by atoms with Crippen LogP contribution in [0.2, 0.25) is 0 Å². The third-order valence-electron chi connectivity index (χ3n) is 5.22. The van der Waals surface area contributed by atoms with Crippen LogP contribution in [0.4, 0.5) is 4.39 Å². The number of carbonyl (C=O) groups is 2. The Bertz CT molecular complexity index is 619. The van der Waals surface area contributed by atoms with Gasteiger partial charge in [-0.2, -0.15) is 0 Å². The van der Waals surface area contributed by atoms with Crippen LogP contribution in [0.15, 0.2) is 24.3 Å². The van der Waals surface area contributed by atoms with Gasteiger partial charge in [-0.05, 0) is 43.5 Å². The van der Waals surface area contributed by atoms with Crippen molar-refractivity contribution in [2.24, 2.45) is 11.1 Å². The van der Waals surface area contributed by atoms with E-state index in [1.165, 1.54) is 12.1 Å². The van der Waals surface area contributed by atoms with Crippen LogP contribution < -0.4 is 5.73 Å². The van der Waals surface area contributed by atoms with Gasteiger partial charge >= 0.3 is 0 Å². The highest BCUT2D eigenvalue weighted by Gasteiger charge is 2.48. The fourth-order valence-electron chi connectivity index (χ4n) is 3.91. The molecule has 0 radical (unpaired) electrons. The molecule has 1 aromatic rings. The number of carbonyl (C=O) groups excluding carboxylic acids is 2. The number of nitrogens with zero attached hydrogens (tertiary/aromatic N) is 2. The highest BCUT2D eigenvalue weighted by atomic mass is 19.1. The first-order valence-electron chi connectivity index (χ1n) is 8.53. The zero-order valence-corrected chi connectivity index (χ0v) is 13.8. The lowest BCUT2D eigenvalue weighted by molar-refractivity contribution is -0.146. The predicted octanol–water partition coefficient (Wildman–Crippen LogP) is 1.52. The molecule has 3 rings (SSSR count). The molecule has 0 aromatic heterocycles. The molecular formula is C18H24FN3O2. The van der Waals surface area contributed by atoms with Crippen molar-refractivity contribution < 1.29 is 14.0 Å². The van der Waals surface area contributed by atoms with Crippen LogP contribution in [0.3, 0.4) is 0 Å². The van der Waals surface area contributed by atoms with E-state index in [4.69, 9.17) is 5.73 Å². The molecule has 2 amide bonds. The minimum absolute atomic E-state index is 0.194. The molecule has 0 unspecified atom stereocenters. The molecule has 0 aliphatic carbocycles. The van der Waals surface area contributed by atoms with E-state index in [1.807, 2.05) is 4.90 Å². The van der Waals surface area contributed by atoms with Crippen LogP contribution in [0.25, 0.3) is 0 Å². The standard InChI is InChI=1S/C18H24FN3O2/c19-15-4-2-14(3-5-15)12-22-9-1-7-18(17(22)24)8-11-21(13-18)10-6-16(20)23/h2-5H,1,6-13H2,(H2,20,23)/t18-/m0/s1. The van der Waals surface area contributed by atoms with Crippen LogP contribution in [0.1, 0.15) is 31.2 Å². The van der Waals surface area contributed by atoms with E-state index in [1.54, 1.807) is 12.1 Å². The smallest absolute Gasteiger partial charge is 0.230 e. The Morgan fingerprint density at radius 3 is 2.67 bits per heavy atom. The van der Waals surface area contributed by atoms with E-state index in [0.717, 1.165) is 37.9 Å². The number of rotatable bonds is 5. The zero-order chi connectivity index (χ0) is 17.2. The van der Waals surface area contributed by atoms with Crippen molar-refractivity contribution in [1.82, 2.24) is 9.80 Å². The van der Waals surface area contributed by atoms with Gasteiger partial charge in [-0.25, -0.2) is 4.39 Å². The molecule has 1 atom stereocenters. The Morgan fingerprint density at radius 1 is 1.21 bits per heavy atom. The lowest BCUT2D eigenvalue weighted by Gasteiger charge is -2.39. The molecule has 1 spiro atoms. The van der Waals surface area contributed by atoms with Crippen molar-refractivity contribution in [2.45, 2.75) is 32.2 Å². The Kier molecular flexibility index (Phi) is 4.85. The third kappa shape index (κ3) is 3.59. The SMILES string of the molecule is NC(=O)CCN1CC[C@@]2(CCCN(Cc3ccc(F)cc3)C2=O)C1. The quantitative estimate of drug-likeness (QED) is 0.888. The Labute approximate surface area is 141 Å². The molecule has 2 N–H and O–H groups in total. The number of hydrogen-bond acceptors (Lipinski definition) is 3. The van der Waals surface area contributed by atoms with Crippen molar-refractivity contribution >= 4 is 11.8 Å². The van der Waals surface area contributed by atoms with E-state index in [0.29, 0.717) is 26.1 Å². The Hall–Kier alpha value is -1.95. The highest BCUT2D eigenvalue weighted by Crippen LogP contribution is 2.40. The summed E-state index contributed by atoms with van der Waals surface area (Å²) in [4.78, 5) is 28.1. The van der Waals surface area contributed by atoms with Gasteiger partial charge in [-0.3, -0.25) is 9.59 Å². The first-order valence-corrected chi connectivity index (χ1v) is 8.53. The maximum absolute atomic E-state index is 13.0. The zero-order valence-electron chi connectivity index (χ0n) is 13.8. The predicted molar refractivity (Wildman–Crippen MR) is 88.4 cm³/mol. The Balaban J connectivity index is 1.64. The summed E-state index contributed by atoms with van der Waals surface area (Å²) >= 11 is 0. The third-order valence-corrected chi connectivity index (χ3v) is 5.22. The number of amides is 2. The van der Waals surface area contributed by atoms with Crippen LogP contribution >= 0.6 is 0 Å². The van der Waals surface area contributed by atoms with E-state index in [9.17, 15) is 14.0 Å². The monoisotopic (exact) mass is 333 g/mol. The van der Waals surface area contributed by atoms with Crippen LogP contribution in [0.5, 0.6) is 0 Å². The van der Waals surface area contributed by atoms with E-state index in [2.05, 4.69) is 4.90 Å². The van der Waals surface area contributed by atoms with Gasteiger partial charge in [0, 0.05) is 32.6 Å². The highest BCUT2D eigenvalue weighted by molar-refractivity contribution is 5.84. The van der Waals surface area contributed by atoms with Crippen molar-refractivity contribution in [3.63, 3.8) is 0 Å². The summed E-state index contributed by atoms with van der Waals surface area (Å²) < 4.78 is 13.0. The summed E-state index contributed by atoms with van der Waals surface area (Å²) in [7, 11) is 0. The maximum atomic E-state index is 13.0. The fourth-order valence-corrected chi connectivity index (χ4v) is 3.91. The van der Waals surface area contributed by atoms with Gasteiger partial charge in [-0.1, -0.05) is 12.1 Å². The summed E-state index contributed by atoms with van der Waals surface area (Å²) in [6, 6.07) is 6.33. The van der Waals surface area contributed by atoms with Gasteiger partial charge in [-0.15, -0.1) is 0 Å². The second kappa shape index (κ2) is 6.89.